The normalized spacial score (nSPS) is 16.5. The monoisotopic (exact) mass is 426 g/mol. The summed E-state index contributed by atoms with van der Waals surface area (Å²) in [5.74, 6) is 1.25. The minimum atomic E-state index is -0.0386. The molecule has 27 heavy (non-hydrogen) atoms. The van der Waals surface area contributed by atoms with Crippen molar-refractivity contribution in [3.05, 3.63) is 65.3 Å². The van der Waals surface area contributed by atoms with Crippen LogP contribution in [0, 0.1) is 0 Å². The van der Waals surface area contributed by atoms with Crippen LogP contribution in [0.1, 0.15) is 6.42 Å². The molecule has 2 heterocycles. The first kappa shape index (κ1) is 17.8. The average Bonchev–Trinajstić information content (AvgIpc) is 3.16. The lowest BCUT2D eigenvalue weighted by Crippen LogP contribution is -2.34. The molecule has 0 radical (unpaired) electrons. The highest BCUT2D eigenvalue weighted by molar-refractivity contribution is 9.10. The van der Waals surface area contributed by atoms with E-state index in [9.17, 15) is 4.79 Å². The van der Waals surface area contributed by atoms with Crippen LogP contribution in [0.4, 0.5) is 0 Å². The van der Waals surface area contributed by atoms with Gasteiger partial charge in [0.15, 0.2) is 6.61 Å². The molecule has 1 atom stereocenters. The topological polar surface area (TPSA) is 51.7 Å². The quantitative estimate of drug-likeness (QED) is 0.617. The number of aromatic nitrogens is 1. The minimum absolute atomic E-state index is 0.0294. The molecule has 2 aromatic carbocycles. The van der Waals surface area contributed by atoms with Crippen molar-refractivity contribution in [1.29, 1.82) is 0 Å². The zero-order chi connectivity index (χ0) is 18.6. The zero-order valence-corrected chi connectivity index (χ0v) is 16.3. The van der Waals surface area contributed by atoms with Crippen molar-refractivity contribution in [3.63, 3.8) is 0 Å². The van der Waals surface area contributed by atoms with Gasteiger partial charge in [-0.15, -0.1) is 0 Å². The van der Waals surface area contributed by atoms with E-state index >= 15 is 0 Å². The molecule has 1 unspecified atom stereocenters. The summed E-state index contributed by atoms with van der Waals surface area (Å²) in [6.07, 6.45) is 2.45. The van der Waals surface area contributed by atoms with E-state index in [1.165, 1.54) is 0 Å². The lowest BCUT2D eigenvalue weighted by Gasteiger charge is -2.17. The van der Waals surface area contributed by atoms with Crippen molar-refractivity contribution in [2.45, 2.75) is 12.5 Å². The van der Waals surface area contributed by atoms with Crippen molar-refractivity contribution >= 4 is 32.6 Å². The standard InChI is InChI=1S/C21H19BrN2O3/c22-17-6-8-20(23-12-17)27-19-9-10-24(13-19)21(25)14-26-18-7-5-15-3-1-2-4-16(15)11-18/h1-8,11-12,19H,9-10,13-14H2. The molecule has 0 N–H and O–H groups in total. The Morgan fingerprint density at radius 1 is 1.15 bits per heavy atom. The van der Waals surface area contributed by atoms with Crippen LogP contribution in [0.15, 0.2) is 65.3 Å². The van der Waals surface area contributed by atoms with Gasteiger partial charge in [0.05, 0.1) is 6.54 Å². The van der Waals surface area contributed by atoms with Crippen LogP contribution in [0.3, 0.4) is 0 Å². The number of pyridine rings is 1. The summed E-state index contributed by atoms with van der Waals surface area (Å²) in [7, 11) is 0. The number of hydrogen-bond acceptors (Lipinski definition) is 4. The number of amides is 1. The molecular weight excluding hydrogens is 408 g/mol. The molecule has 1 saturated heterocycles. The smallest absolute Gasteiger partial charge is 0.260 e. The third-order valence-corrected chi connectivity index (χ3v) is 5.04. The van der Waals surface area contributed by atoms with E-state index in [4.69, 9.17) is 9.47 Å². The van der Waals surface area contributed by atoms with Crippen LogP contribution < -0.4 is 9.47 Å². The fraction of sp³-hybridized carbons (Fsp3) is 0.238. The molecule has 5 nitrogen and oxygen atoms in total. The van der Waals surface area contributed by atoms with Crippen LogP contribution in [0.25, 0.3) is 10.8 Å². The van der Waals surface area contributed by atoms with Gasteiger partial charge in [-0.1, -0.05) is 30.3 Å². The number of carbonyl (C=O) groups excluding carboxylic acids is 1. The number of likely N-dealkylation sites (tertiary alicyclic amines) is 1. The van der Waals surface area contributed by atoms with Crippen molar-refractivity contribution in [2.24, 2.45) is 0 Å². The number of benzene rings is 2. The molecule has 0 spiro atoms. The van der Waals surface area contributed by atoms with Crippen LogP contribution in [-0.4, -0.2) is 41.6 Å². The second-order valence-corrected chi connectivity index (χ2v) is 7.40. The summed E-state index contributed by atoms with van der Waals surface area (Å²) in [5.41, 5.74) is 0. The summed E-state index contributed by atoms with van der Waals surface area (Å²) in [4.78, 5) is 18.4. The lowest BCUT2D eigenvalue weighted by atomic mass is 10.1. The van der Waals surface area contributed by atoms with Crippen molar-refractivity contribution < 1.29 is 14.3 Å². The van der Waals surface area contributed by atoms with Gasteiger partial charge in [-0.2, -0.15) is 0 Å². The highest BCUT2D eigenvalue weighted by Gasteiger charge is 2.28. The van der Waals surface area contributed by atoms with Crippen molar-refractivity contribution in [2.75, 3.05) is 19.7 Å². The van der Waals surface area contributed by atoms with E-state index in [2.05, 4.69) is 27.0 Å². The van der Waals surface area contributed by atoms with Gasteiger partial charge >= 0.3 is 0 Å². The van der Waals surface area contributed by atoms with Crippen LogP contribution in [0.5, 0.6) is 11.6 Å². The van der Waals surface area contributed by atoms with Gasteiger partial charge in [-0.25, -0.2) is 4.98 Å². The summed E-state index contributed by atoms with van der Waals surface area (Å²) >= 11 is 3.35. The van der Waals surface area contributed by atoms with Crippen LogP contribution in [0.2, 0.25) is 0 Å². The van der Waals surface area contributed by atoms with Crippen molar-refractivity contribution in [3.8, 4) is 11.6 Å². The van der Waals surface area contributed by atoms with Crippen LogP contribution in [-0.2, 0) is 4.79 Å². The molecule has 0 bridgehead atoms. The van der Waals surface area contributed by atoms with Gasteiger partial charge in [0.1, 0.15) is 11.9 Å². The Bertz CT molecular complexity index is 946. The third kappa shape index (κ3) is 4.39. The average molecular weight is 427 g/mol. The van der Waals surface area contributed by atoms with Gasteiger partial charge in [0.25, 0.3) is 5.91 Å². The molecule has 6 heteroatoms. The zero-order valence-electron chi connectivity index (χ0n) is 14.7. The van der Waals surface area contributed by atoms with E-state index < -0.39 is 0 Å². The molecule has 3 aromatic rings. The summed E-state index contributed by atoms with van der Waals surface area (Å²) < 4.78 is 12.5. The second-order valence-electron chi connectivity index (χ2n) is 6.48. The molecule has 1 aliphatic heterocycles. The second kappa shape index (κ2) is 7.96. The largest absolute Gasteiger partial charge is 0.484 e. The molecule has 4 rings (SSSR count). The number of rotatable bonds is 5. The first-order valence-electron chi connectivity index (χ1n) is 8.85. The maximum Gasteiger partial charge on any atom is 0.260 e. The molecule has 1 aromatic heterocycles. The molecule has 1 fully saturated rings. The third-order valence-electron chi connectivity index (χ3n) is 4.57. The SMILES string of the molecule is O=C(COc1ccc2ccccc2c1)N1CCC(Oc2ccc(Br)cn2)C1. The van der Waals surface area contributed by atoms with Gasteiger partial charge in [0, 0.05) is 29.7 Å². The highest BCUT2D eigenvalue weighted by Crippen LogP contribution is 2.21. The number of fused-ring (bicyclic) bond motifs is 1. The van der Waals surface area contributed by atoms with Gasteiger partial charge in [0.2, 0.25) is 5.88 Å². The number of ether oxygens (including phenoxy) is 2. The first-order valence-corrected chi connectivity index (χ1v) is 9.64. The summed E-state index contributed by atoms with van der Waals surface area (Å²) in [5, 5.41) is 2.25. The minimum Gasteiger partial charge on any atom is -0.484 e. The molecule has 138 valence electrons. The first-order chi connectivity index (χ1) is 13.2. The highest BCUT2D eigenvalue weighted by atomic mass is 79.9. The van der Waals surface area contributed by atoms with E-state index in [1.807, 2.05) is 48.5 Å². The van der Waals surface area contributed by atoms with Gasteiger partial charge < -0.3 is 14.4 Å². The van der Waals surface area contributed by atoms with E-state index in [-0.39, 0.29) is 18.6 Å². The predicted octanol–water partition coefficient (Wildman–Crippen LogP) is 4.06. The van der Waals surface area contributed by atoms with Gasteiger partial charge in [-0.3, -0.25) is 4.79 Å². The Morgan fingerprint density at radius 2 is 2.00 bits per heavy atom. The van der Waals surface area contributed by atoms with E-state index in [0.29, 0.717) is 24.7 Å². The number of nitrogens with zero attached hydrogens (tertiary/aromatic N) is 2. The fourth-order valence-electron chi connectivity index (χ4n) is 3.15. The van der Waals surface area contributed by atoms with E-state index in [1.54, 1.807) is 11.1 Å². The maximum atomic E-state index is 12.4. The Kier molecular flexibility index (Phi) is 5.25. The lowest BCUT2D eigenvalue weighted by molar-refractivity contribution is -0.132. The number of hydrogen-bond donors (Lipinski definition) is 0. The molecule has 1 aliphatic rings. The Hall–Kier alpha value is -2.60. The molecular formula is C21H19BrN2O3. The molecule has 0 aliphatic carbocycles. The maximum absolute atomic E-state index is 12.4. The number of carbonyl (C=O) groups is 1. The Morgan fingerprint density at radius 3 is 2.81 bits per heavy atom. The molecule has 0 saturated carbocycles. The Balaban J connectivity index is 1.30. The van der Waals surface area contributed by atoms with Crippen molar-refractivity contribution in [1.82, 2.24) is 9.88 Å². The summed E-state index contributed by atoms with van der Waals surface area (Å²) in [6.45, 7) is 1.25. The predicted molar refractivity (Wildman–Crippen MR) is 107 cm³/mol. The summed E-state index contributed by atoms with van der Waals surface area (Å²) in [6, 6.07) is 17.6. The van der Waals surface area contributed by atoms with Gasteiger partial charge in [-0.05, 0) is 44.9 Å². The van der Waals surface area contributed by atoms with Crippen LogP contribution >= 0.6 is 15.9 Å². The number of halogens is 1. The molecule has 1 amide bonds. The fourth-order valence-corrected chi connectivity index (χ4v) is 3.38. The van der Waals surface area contributed by atoms with E-state index in [0.717, 1.165) is 21.7 Å². The Labute approximate surface area is 166 Å².